The quantitative estimate of drug-likeness (QED) is 0.628. The average molecular weight is 353 g/mol. The molecule has 0 unspecified atom stereocenters. The van der Waals surface area contributed by atoms with Crippen LogP contribution in [0.4, 0.5) is 0 Å². The summed E-state index contributed by atoms with van der Waals surface area (Å²) in [4.78, 5) is 0. The molecule has 0 radical (unpaired) electrons. The monoisotopic (exact) mass is 352 g/mol. The van der Waals surface area contributed by atoms with E-state index in [2.05, 4.69) is 44.2 Å². The third-order valence-corrected chi connectivity index (χ3v) is 9.99. The number of hydrogen-bond acceptors (Lipinski definition) is 1. The van der Waals surface area contributed by atoms with E-state index >= 15 is 0 Å². The van der Waals surface area contributed by atoms with Crippen molar-refractivity contribution in [3.8, 4) is 0 Å². The molecule has 4 fully saturated rings. The summed E-state index contributed by atoms with van der Waals surface area (Å²) in [5, 5.41) is 11.9. The maximum atomic E-state index is 11.9. The van der Waals surface area contributed by atoms with E-state index in [0.717, 1.165) is 24.2 Å². The summed E-state index contributed by atoms with van der Waals surface area (Å²) in [5.41, 5.74) is 1.21. The van der Waals surface area contributed by atoms with Crippen molar-refractivity contribution in [1.29, 1.82) is 0 Å². The average Bonchev–Trinajstić information content (AvgIpc) is 2.94. The van der Waals surface area contributed by atoms with Gasteiger partial charge in [0.15, 0.2) is 0 Å². The molecule has 1 aromatic carbocycles. The van der Waals surface area contributed by atoms with Crippen LogP contribution in [0.5, 0.6) is 0 Å². The van der Waals surface area contributed by atoms with Crippen molar-refractivity contribution in [3.05, 3.63) is 35.9 Å². The van der Waals surface area contributed by atoms with Crippen molar-refractivity contribution in [3.63, 3.8) is 0 Å². The Bertz CT molecular complexity index is 668. The van der Waals surface area contributed by atoms with Gasteiger partial charge < -0.3 is 5.11 Å². The minimum atomic E-state index is -0.617. The van der Waals surface area contributed by atoms with Gasteiger partial charge in [-0.2, -0.15) is 0 Å². The van der Waals surface area contributed by atoms with Gasteiger partial charge in [0, 0.05) is 5.41 Å². The van der Waals surface area contributed by atoms with Crippen LogP contribution in [0.25, 0.3) is 0 Å². The molecule has 0 saturated heterocycles. The lowest BCUT2D eigenvalue weighted by Crippen LogP contribution is -2.55. The number of benzene rings is 1. The highest BCUT2D eigenvalue weighted by Gasteiger charge is 2.64. The Hall–Kier alpha value is -0.820. The third kappa shape index (κ3) is 2.13. The summed E-state index contributed by atoms with van der Waals surface area (Å²) in [6, 6.07) is 10.6. The fraction of sp³-hybridized carbons (Fsp3) is 0.760. The molecule has 0 bridgehead atoms. The van der Waals surface area contributed by atoms with Crippen LogP contribution in [0.15, 0.2) is 30.3 Å². The summed E-state index contributed by atoms with van der Waals surface area (Å²) in [6.07, 6.45) is 13.5. The lowest BCUT2D eigenvalue weighted by Gasteiger charge is -2.61. The van der Waals surface area contributed by atoms with Crippen molar-refractivity contribution in [2.45, 2.75) is 83.7 Å². The molecule has 7 atom stereocenters. The Morgan fingerprint density at radius 1 is 0.808 bits per heavy atom. The number of fused-ring (bicyclic) bond motifs is 5. The Morgan fingerprint density at radius 3 is 2.38 bits per heavy atom. The molecule has 0 heterocycles. The zero-order valence-corrected chi connectivity index (χ0v) is 16.7. The number of hydrogen-bond donors (Lipinski definition) is 1. The van der Waals surface area contributed by atoms with Gasteiger partial charge in [0.25, 0.3) is 0 Å². The highest BCUT2D eigenvalue weighted by Crippen LogP contribution is 2.69. The zero-order chi connectivity index (χ0) is 18.0. The standard InChI is InChI=1S/C25H36O/c1-23-15-7-6-8-18(23)11-12-20-21(23)13-16-24(2)22(20)14-17-25(24,26)19-9-4-3-5-10-19/h3-5,9-10,18,20-22,26H,6-8,11-17H2,1-2H3/t18-,20-,21+,22-,23-,24-,25+/m1/s1. The van der Waals surface area contributed by atoms with Crippen LogP contribution in [0.2, 0.25) is 0 Å². The summed E-state index contributed by atoms with van der Waals surface area (Å²) in [6.45, 7) is 5.08. The second kappa shape index (κ2) is 5.84. The number of rotatable bonds is 1. The van der Waals surface area contributed by atoms with Crippen LogP contribution >= 0.6 is 0 Å². The predicted octanol–water partition coefficient (Wildman–Crippen LogP) is 6.31. The largest absolute Gasteiger partial charge is 0.385 e. The van der Waals surface area contributed by atoms with Crippen molar-refractivity contribution in [2.75, 3.05) is 0 Å². The topological polar surface area (TPSA) is 20.2 Å². The molecular formula is C25H36O. The minimum Gasteiger partial charge on any atom is -0.385 e. The van der Waals surface area contributed by atoms with Crippen LogP contribution < -0.4 is 0 Å². The molecule has 1 N–H and O–H groups in total. The van der Waals surface area contributed by atoms with Crippen molar-refractivity contribution >= 4 is 0 Å². The second-order valence-electron chi connectivity index (χ2n) is 10.6. The second-order valence-corrected chi connectivity index (χ2v) is 10.6. The maximum Gasteiger partial charge on any atom is 0.0952 e. The first-order chi connectivity index (χ1) is 12.5. The fourth-order valence-electron chi connectivity index (χ4n) is 8.50. The smallest absolute Gasteiger partial charge is 0.0952 e. The summed E-state index contributed by atoms with van der Waals surface area (Å²) in [5.74, 6) is 3.46. The van der Waals surface area contributed by atoms with E-state index in [1.54, 1.807) is 0 Å². The molecule has 142 valence electrons. The molecule has 0 spiro atoms. The van der Waals surface area contributed by atoms with Gasteiger partial charge in [-0.15, -0.1) is 0 Å². The van der Waals surface area contributed by atoms with Gasteiger partial charge in [-0.1, -0.05) is 57.0 Å². The minimum absolute atomic E-state index is 0.0629. The van der Waals surface area contributed by atoms with Gasteiger partial charge >= 0.3 is 0 Å². The van der Waals surface area contributed by atoms with Crippen molar-refractivity contribution in [1.82, 2.24) is 0 Å². The number of aliphatic hydroxyl groups is 1. The Kier molecular flexibility index (Phi) is 3.88. The van der Waals surface area contributed by atoms with Crippen LogP contribution in [0.3, 0.4) is 0 Å². The van der Waals surface area contributed by atoms with Crippen LogP contribution in [0, 0.1) is 34.5 Å². The summed E-state index contributed by atoms with van der Waals surface area (Å²) < 4.78 is 0. The van der Waals surface area contributed by atoms with Gasteiger partial charge in [0.05, 0.1) is 5.60 Å². The van der Waals surface area contributed by atoms with Crippen LogP contribution in [-0.2, 0) is 5.60 Å². The van der Waals surface area contributed by atoms with Gasteiger partial charge in [0.2, 0.25) is 0 Å². The van der Waals surface area contributed by atoms with E-state index in [4.69, 9.17) is 0 Å². The SMILES string of the molecule is C[C@@]12CCCC[C@@H]1CC[C@H]1[C@H]3CC[C@](O)(c4ccccc4)[C@]3(C)CC[C@@H]12. The third-order valence-electron chi connectivity index (χ3n) is 9.99. The molecule has 4 saturated carbocycles. The van der Waals surface area contributed by atoms with Gasteiger partial charge in [-0.05, 0) is 86.0 Å². The molecule has 4 aliphatic rings. The van der Waals surface area contributed by atoms with E-state index in [1.165, 1.54) is 63.4 Å². The highest BCUT2D eigenvalue weighted by molar-refractivity contribution is 5.29. The Balaban J connectivity index is 1.49. The molecule has 1 heteroatoms. The van der Waals surface area contributed by atoms with Crippen LogP contribution in [-0.4, -0.2) is 5.11 Å². The first-order valence-electron chi connectivity index (χ1n) is 11.3. The first kappa shape index (κ1) is 17.3. The van der Waals surface area contributed by atoms with Crippen LogP contribution in [0.1, 0.15) is 83.6 Å². The van der Waals surface area contributed by atoms with E-state index in [0.29, 0.717) is 11.3 Å². The zero-order valence-electron chi connectivity index (χ0n) is 16.7. The fourth-order valence-corrected chi connectivity index (χ4v) is 8.50. The van der Waals surface area contributed by atoms with Crippen molar-refractivity contribution in [2.24, 2.45) is 34.5 Å². The lowest BCUT2D eigenvalue weighted by atomic mass is 9.44. The highest BCUT2D eigenvalue weighted by atomic mass is 16.3. The maximum absolute atomic E-state index is 11.9. The first-order valence-corrected chi connectivity index (χ1v) is 11.3. The molecule has 1 nitrogen and oxygen atoms in total. The van der Waals surface area contributed by atoms with Gasteiger partial charge in [-0.25, -0.2) is 0 Å². The Morgan fingerprint density at radius 2 is 1.58 bits per heavy atom. The van der Waals surface area contributed by atoms with E-state index < -0.39 is 5.60 Å². The summed E-state index contributed by atoms with van der Waals surface area (Å²) >= 11 is 0. The molecule has 0 amide bonds. The Labute approximate surface area is 159 Å². The summed E-state index contributed by atoms with van der Waals surface area (Å²) in [7, 11) is 0. The van der Waals surface area contributed by atoms with Gasteiger partial charge in [0.1, 0.15) is 0 Å². The molecule has 0 aliphatic heterocycles. The lowest BCUT2D eigenvalue weighted by molar-refractivity contribution is -0.154. The molecule has 26 heavy (non-hydrogen) atoms. The normalized spacial score (nSPS) is 50.6. The molecule has 1 aromatic rings. The molecule has 4 aliphatic carbocycles. The predicted molar refractivity (Wildman–Crippen MR) is 107 cm³/mol. The van der Waals surface area contributed by atoms with E-state index in [9.17, 15) is 5.11 Å². The van der Waals surface area contributed by atoms with E-state index in [1.807, 2.05) is 0 Å². The van der Waals surface area contributed by atoms with Gasteiger partial charge in [-0.3, -0.25) is 0 Å². The molecule has 5 rings (SSSR count). The van der Waals surface area contributed by atoms with E-state index in [-0.39, 0.29) is 5.41 Å². The molecular weight excluding hydrogens is 316 g/mol. The van der Waals surface area contributed by atoms with Crippen molar-refractivity contribution < 1.29 is 5.11 Å². The molecule has 0 aromatic heterocycles.